The van der Waals surface area contributed by atoms with E-state index in [-0.39, 0.29) is 35.1 Å². The molecule has 0 aliphatic carbocycles. The normalized spacial score (nSPS) is 14.8. The predicted octanol–water partition coefficient (Wildman–Crippen LogP) is 2.86. The smallest absolute Gasteiger partial charge is 0.210 e. The first kappa shape index (κ1) is 14.3. The van der Waals surface area contributed by atoms with Crippen LogP contribution in [0.2, 0.25) is 0 Å². The van der Waals surface area contributed by atoms with Gasteiger partial charge in [-0.3, -0.25) is 4.79 Å². The number of hydrogen-bond donors (Lipinski definition) is 0. The summed E-state index contributed by atoms with van der Waals surface area (Å²) in [6.07, 6.45) is 0.602. The topological polar surface area (TPSA) is 60.4 Å². The second kappa shape index (κ2) is 5.09. The molecule has 0 saturated heterocycles. The summed E-state index contributed by atoms with van der Waals surface area (Å²) in [7, 11) is -3.66. The number of hydrogen-bond acceptors (Lipinski definition) is 4. The molecule has 0 amide bonds. The molecule has 0 saturated carbocycles. The molecule has 1 aliphatic rings. The van der Waals surface area contributed by atoms with Gasteiger partial charge in [0.2, 0.25) is 9.84 Å². The molecule has 0 radical (unpaired) electrons. The van der Waals surface area contributed by atoms with E-state index in [2.05, 4.69) is 0 Å². The molecule has 0 N–H and O–H groups in total. The zero-order valence-corrected chi connectivity index (χ0v) is 10.7. The summed E-state index contributed by atoms with van der Waals surface area (Å²) in [5, 5.41) is 0. The van der Waals surface area contributed by atoms with Gasteiger partial charge in [-0.1, -0.05) is 25.6 Å². The number of sulfone groups is 1. The van der Waals surface area contributed by atoms with Crippen molar-refractivity contribution in [3.05, 3.63) is 53.6 Å². The van der Waals surface area contributed by atoms with Gasteiger partial charge in [-0.2, -0.15) is 0 Å². The Morgan fingerprint density at radius 1 is 1.10 bits per heavy atom. The van der Waals surface area contributed by atoms with E-state index in [0.717, 1.165) is 5.56 Å². The molecule has 3 rings (SSSR count). The van der Waals surface area contributed by atoms with Gasteiger partial charge in [-0.15, -0.1) is 0 Å². The molecule has 2 aromatic rings. The molecule has 104 valence electrons. The third-order valence-electron chi connectivity index (χ3n) is 3.02. The molecular formula is C15H14O4S. The van der Waals surface area contributed by atoms with E-state index in [1.165, 1.54) is 18.2 Å². The average Bonchev–Trinajstić information content (AvgIpc) is 2.44. The fourth-order valence-corrected chi connectivity index (χ4v) is 3.57. The van der Waals surface area contributed by atoms with Crippen molar-refractivity contribution in [1.82, 2.24) is 0 Å². The van der Waals surface area contributed by atoms with Gasteiger partial charge >= 0.3 is 0 Å². The zero-order valence-electron chi connectivity index (χ0n) is 9.87. The fraction of sp³-hybridized carbons (Fsp3) is 0.133. The zero-order chi connectivity index (χ0) is 13.5. The number of aldehydes is 1. The SMILES string of the molecule is C.O=Cc1cccc2c1OCc1cccc(c1)S2(=O)=O. The number of para-hydroxylation sites is 1. The Balaban J connectivity index is 0.00000147. The summed E-state index contributed by atoms with van der Waals surface area (Å²) >= 11 is 0. The Bertz CT molecular complexity index is 763. The van der Waals surface area contributed by atoms with Crippen LogP contribution in [0.15, 0.2) is 52.3 Å². The van der Waals surface area contributed by atoms with Crippen molar-refractivity contribution in [2.45, 2.75) is 23.8 Å². The summed E-state index contributed by atoms with van der Waals surface area (Å²) in [4.78, 5) is 11.3. The summed E-state index contributed by atoms with van der Waals surface area (Å²) in [5.74, 6) is 0.129. The second-order valence-corrected chi connectivity index (χ2v) is 6.15. The van der Waals surface area contributed by atoms with E-state index in [1.807, 2.05) is 0 Å². The van der Waals surface area contributed by atoms with Gasteiger partial charge in [0.1, 0.15) is 17.3 Å². The van der Waals surface area contributed by atoms with Crippen molar-refractivity contribution in [3.8, 4) is 5.75 Å². The van der Waals surface area contributed by atoms with E-state index >= 15 is 0 Å². The van der Waals surface area contributed by atoms with E-state index in [0.29, 0.717) is 6.29 Å². The highest BCUT2D eigenvalue weighted by molar-refractivity contribution is 7.91. The van der Waals surface area contributed by atoms with Crippen molar-refractivity contribution >= 4 is 16.1 Å². The van der Waals surface area contributed by atoms with Crippen LogP contribution in [0.25, 0.3) is 0 Å². The van der Waals surface area contributed by atoms with Gasteiger partial charge in [-0.25, -0.2) is 8.42 Å². The molecule has 20 heavy (non-hydrogen) atoms. The maximum absolute atomic E-state index is 12.5. The van der Waals surface area contributed by atoms with Gasteiger partial charge in [0.05, 0.1) is 10.5 Å². The number of fused-ring (bicyclic) bond motifs is 3. The highest BCUT2D eigenvalue weighted by Crippen LogP contribution is 2.34. The molecule has 2 bridgehead atoms. The number of carbonyl (C=O) groups excluding carboxylic acids is 1. The van der Waals surface area contributed by atoms with Crippen molar-refractivity contribution in [2.24, 2.45) is 0 Å². The number of benzene rings is 2. The maximum Gasteiger partial charge on any atom is 0.210 e. The van der Waals surface area contributed by atoms with Gasteiger partial charge in [-0.05, 0) is 29.8 Å². The average molecular weight is 290 g/mol. The third kappa shape index (κ3) is 2.10. The third-order valence-corrected chi connectivity index (χ3v) is 4.79. The standard InChI is InChI=1S/C14H10O4S.CH4/c15-8-11-4-2-6-13-14(11)18-9-10-3-1-5-12(7-10)19(13,16)17;/h1-8H,9H2;1H4. The molecule has 0 unspecified atom stereocenters. The summed E-state index contributed by atoms with van der Waals surface area (Å²) in [5.41, 5.74) is 0.999. The van der Waals surface area contributed by atoms with Gasteiger partial charge < -0.3 is 4.74 Å². The van der Waals surface area contributed by atoms with Crippen LogP contribution in [0, 0.1) is 0 Å². The van der Waals surface area contributed by atoms with E-state index < -0.39 is 9.84 Å². The minimum absolute atomic E-state index is 0. The Morgan fingerprint density at radius 3 is 2.60 bits per heavy atom. The lowest BCUT2D eigenvalue weighted by Gasteiger charge is -2.17. The summed E-state index contributed by atoms with van der Waals surface area (Å²) in [6, 6.07) is 11.1. The quantitative estimate of drug-likeness (QED) is 0.758. The molecule has 1 heterocycles. The molecular weight excluding hydrogens is 276 g/mol. The van der Waals surface area contributed by atoms with Gasteiger partial charge in [0, 0.05) is 0 Å². The molecule has 5 heteroatoms. The van der Waals surface area contributed by atoms with Crippen LogP contribution in [-0.2, 0) is 16.4 Å². The van der Waals surface area contributed by atoms with Gasteiger partial charge in [0.15, 0.2) is 6.29 Å². The second-order valence-electron chi connectivity index (χ2n) is 4.23. The lowest BCUT2D eigenvalue weighted by Crippen LogP contribution is -2.11. The Kier molecular flexibility index (Phi) is 3.63. The van der Waals surface area contributed by atoms with Crippen molar-refractivity contribution in [2.75, 3.05) is 0 Å². The predicted molar refractivity (Wildman–Crippen MR) is 74.8 cm³/mol. The first-order chi connectivity index (χ1) is 9.13. The molecule has 0 spiro atoms. The molecule has 0 aromatic heterocycles. The molecule has 0 fully saturated rings. The number of rotatable bonds is 1. The first-order valence-electron chi connectivity index (χ1n) is 5.68. The molecule has 2 aromatic carbocycles. The van der Waals surface area contributed by atoms with Gasteiger partial charge in [0.25, 0.3) is 0 Å². The lowest BCUT2D eigenvalue weighted by molar-refractivity contribution is 0.111. The van der Waals surface area contributed by atoms with Crippen LogP contribution in [0.4, 0.5) is 0 Å². The first-order valence-corrected chi connectivity index (χ1v) is 7.16. The maximum atomic E-state index is 12.5. The Labute approximate surface area is 117 Å². The van der Waals surface area contributed by atoms with Crippen LogP contribution in [0.5, 0.6) is 5.75 Å². The van der Waals surface area contributed by atoms with E-state index in [4.69, 9.17) is 4.74 Å². The minimum atomic E-state index is -3.66. The molecule has 4 nitrogen and oxygen atoms in total. The van der Waals surface area contributed by atoms with Crippen LogP contribution >= 0.6 is 0 Å². The van der Waals surface area contributed by atoms with Crippen LogP contribution in [0.3, 0.4) is 0 Å². The fourth-order valence-electron chi connectivity index (χ4n) is 2.08. The number of carbonyl (C=O) groups is 1. The Morgan fingerprint density at radius 2 is 1.85 bits per heavy atom. The monoisotopic (exact) mass is 290 g/mol. The highest BCUT2D eigenvalue weighted by atomic mass is 32.2. The van der Waals surface area contributed by atoms with Crippen molar-refractivity contribution < 1.29 is 17.9 Å². The van der Waals surface area contributed by atoms with E-state index in [9.17, 15) is 13.2 Å². The number of ether oxygens (including phenoxy) is 1. The minimum Gasteiger partial charge on any atom is -0.487 e. The van der Waals surface area contributed by atoms with Crippen LogP contribution < -0.4 is 4.74 Å². The largest absolute Gasteiger partial charge is 0.487 e. The van der Waals surface area contributed by atoms with Crippen molar-refractivity contribution in [1.29, 1.82) is 0 Å². The molecule has 0 atom stereocenters. The summed E-state index contributed by atoms with van der Waals surface area (Å²) < 4.78 is 30.5. The van der Waals surface area contributed by atoms with Crippen LogP contribution in [-0.4, -0.2) is 14.7 Å². The Hall–Kier alpha value is -2.14. The van der Waals surface area contributed by atoms with E-state index in [1.54, 1.807) is 24.3 Å². The lowest BCUT2D eigenvalue weighted by atomic mass is 10.2. The molecule has 1 aliphatic heterocycles. The van der Waals surface area contributed by atoms with Crippen LogP contribution in [0.1, 0.15) is 23.3 Å². The van der Waals surface area contributed by atoms with Crippen molar-refractivity contribution in [3.63, 3.8) is 0 Å². The summed E-state index contributed by atoms with van der Waals surface area (Å²) in [6.45, 7) is 0.237. The highest BCUT2D eigenvalue weighted by Gasteiger charge is 2.26.